The average molecular weight is 362 g/mol. The van der Waals surface area contributed by atoms with Crippen molar-refractivity contribution in [1.82, 2.24) is 0 Å². The molecule has 8 N–H and O–H groups in total. The molecule has 0 aliphatic carbocycles. The van der Waals surface area contributed by atoms with E-state index in [-0.39, 0.29) is 12.2 Å². The smallest absolute Gasteiger partial charge is 0.323 e. The summed E-state index contributed by atoms with van der Waals surface area (Å²) in [7, 11) is 0. The second-order valence-corrected chi connectivity index (χ2v) is 5.54. The van der Waals surface area contributed by atoms with Crippen molar-refractivity contribution in [2.75, 3.05) is 0 Å². The van der Waals surface area contributed by atoms with Crippen LogP contribution < -0.4 is 11.5 Å². The van der Waals surface area contributed by atoms with Crippen LogP contribution in [0, 0.1) is 0 Å². The van der Waals surface area contributed by atoms with E-state index in [9.17, 15) is 14.7 Å². The molecule has 2 rings (SSSR count). The van der Waals surface area contributed by atoms with Gasteiger partial charge in [-0.05, 0) is 29.7 Å². The first-order valence-electron chi connectivity index (χ1n) is 7.70. The van der Waals surface area contributed by atoms with Gasteiger partial charge in [0.2, 0.25) is 0 Å². The first-order chi connectivity index (χ1) is 12.2. The zero-order valence-corrected chi connectivity index (χ0v) is 13.9. The maximum Gasteiger partial charge on any atom is 0.323 e. The van der Waals surface area contributed by atoms with Crippen LogP contribution in [0.5, 0.6) is 5.75 Å². The Balaban J connectivity index is 0.000000260. The van der Waals surface area contributed by atoms with E-state index in [2.05, 4.69) is 0 Å². The third-order valence-corrected chi connectivity index (χ3v) is 3.45. The average Bonchev–Trinajstić information content (AvgIpc) is 2.61. The first-order valence-corrected chi connectivity index (χ1v) is 7.70. The maximum atomic E-state index is 10.4. The molecule has 26 heavy (non-hydrogen) atoms. The van der Waals surface area contributed by atoms with Gasteiger partial charge in [-0.2, -0.15) is 0 Å². The molecule has 2 aromatic rings. The molecule has 0 heterocycles. The van der Waals surface area contributed by atoms with E-state index in [1.807, 2.05) is 0 Å². The molecule has 8 nitrogen and oxygen atoms in total. The van der Waals surface area contributed by atoms with Gasteiger partial charge < -0.3 is 31.9 Å². The second-order valence-electron chi connectivity index (χ2n) is 5.54. The van der Waals surface area contributed by atoms with Crippen LogP contribution in [0.3, 0.4) is 0 Å². The Morgan fingerprint density at radius 2 is 1.54 bits per heavy atom. The molecule has 0 spiro atoms. The van der Waals surface area contributed by atoms with E-state index >= 15 is 0 Å². The summed E-state index contributed by atoms with van der Waals surface area (Å²) in [6.45, 7) is 0. The summed E-state index contributed by atoms with van der Waals surface area (Å²) in [5.74, 6) is -2.13. The minimum Gasteiger partial charge on any atom is -0.508 e. The number of carbonyl (C=O) groups is 2. The van der Waals surface area contributed by atoms with E-state index in [0.717, 1.165) is 5.56 Å². The van der Waals surface area contributed by atoms with Gasteiger partial charge in [0.25, 0.3) is 0 Å². The molecule has 0 amide bonds. The molecule has 0 bridgehead atoms. The number of carboxylic acids is 2. The van der Waals surface area contributed by atoms with Crippen molar-refractivity contribution < 1.29 is 30.0 Å². The van der Waals surface area contributed by atoms with Crippen molar-refractivity contribution in [1.29, 1.82) is 0 Å². The molecule has 0 aliphatic rings. The van der Waals surface area contributed by atoms with Gasteiger partial charge in [0.1, 0.15) is 23.9 Å². The summed E-state index contributed by atoms with van der Waals surface area (Å²) >= 11 is 0. The highest BCUT2D eigenvalue weighted by molar-refractivity contribution is 5.74. The fourth-order valence-electron chi connectivity index (χ4n) is 2.02. The van der Waals surface area contributed by atoms with Gasteiger partial charge >= 0.3 is 11.9 Å². The number of hydrogen-bond acceptors (Lipinski definition) is 6. The topological polar surface area (TPSA) is 167 Å². The quantitative estimate of drug-likeness (QED) is 0.431. The normalized spacial score (nSPS) is 13.7. The van der Waals surface area contributed by atoms with E-state index in [0.29, 0.717) is 5.56 Å². The Morgan fingerprint density at radius 3 is 2.04 bits per heavy atom. The lowest BCUT2D eigenvalue weighted by Gasteiger charge is -2.14. The van der Waals surface area contributed by atoms with Crippen molar-refractivity contribution in [3.8, 4) is 5.75 Å². The number of nitrogens with two attached hydrogens (primary N) is 2. The zero-order valence-electron chi connectivity index (χ0n) is 13.9. The maximum absolute atomic E-state index is 10.4. The minimum atomic E-state index is -1.28. The highest BCUT2D eigenvalue weighted by atomic mass is 16.4. The zero-order chi connectivity index (χ0) is 19.7. The number of phenolic OH excluding ortho intramolecular Hbond substituents is 1. The fourth-order valence-corrected chi connectivity index (χ4v) is 2.02. The van der Waals surface area contributed by atoms with Gasteiger partial charge in [-0.25, -0.2) is 0 Å². The minimum absolute atomic E-state index is 0.120. The second kappa shape index (κ2) is 10.1. The molecule has 8 heteroatoms. The van der Waals surface area contributed by atoms with Gasteiger partial charge in [0.15, 0.2) is 0 Å². The van der Waals surface area contributed by atoms with Crippen LogP contribution >= 0.6 is 0 Å². The number of carboxylic acid groups (broad SMARTS) is 2. The molecule has 0 aliphatic heterocycles. The van der Waals surface area contributed by atoms with E-state index < -0.39 is 30.1 Å². The van der Waals surface area contributed by atoms with Crippen molar-refractivity contribution in [3.05, 3.63) is 65.7 Å². The van der Waals surface area contributed by atoms with Crippen LogP contribution in [0.25, 0.3) is 0 Å². The lowest BCUT2D eigenvalue weighted by Crippen LogP contribution is -2.36. The Morgan fingerprint density at radius 1 is 0.923 bits per heavy atom. The Bertz CT molecular complexity index is 723. The number of aromatic hydroxyl groups is 1. The van der Waals surface area contributed by atoms with Gasteiger partial charge in [-0.1, -0.05) is 42.5 Å². The molecule has 0 radical (unpaired) electrons. The van der Waals surface area contributed by atoms with Crippen LogP contribution in [0.1, 0.15) is 17.2 Å². The number of benzene rings is 2. The van der Waals surface area contributed by atoms with Gasteiger partial charge in [-0.15, -0.1) is 0 Å². The van der Waals surface area contributed by atoms with Gasteiger partial charge in [-0.3, -0.25) is 9.59 Å². The molecule has 0 fully saturated rings. The molecule has 3 atom stereocenters. The van der Waals surface area contributed by atoms with Crippen LogP contribution in [0.4, 0.5) is 0 Å². The highest BCUT2D eigenvalue weighted by Gasteiger charge is 2.22. The van der Waals surface area contributed by atoms with Crippen molar-refractivity contribution in [2.24, 2.45) is 11.5 Å². The Kier molecular flexibility index (Phi) is 8.23. The van der Waals surface area contributed by atoms with Crippen LogP contribution in [0.15, 0.2) is 54.6 Å². The highest BCUT2D eigenvalue weighted by Crippen LogP contribution is 2.14. The lowest BCUT2D eigenvalue weighted by molar-refractivity contribution is -0.141. The summed E-state index contributed by atoms with van der Waals surface area (Å²) in [4.78, 5) is 20.8. The summed E-state index contributed by atoms with van der Waals surface area (Å²) in [6, 6.07) is 12.7. The monoisotopic (exact) mass is 362 g/mol. The third kappa shape index (κ3) is 6.89. The first kappa shape index (κ1) is 21.1. The van der Waals surface area contributed by atoms with Crippen LogP contribution in [-0.2, 0) is 16.0 Å². The standard InChI is InChI=1S/2C9H11NO3/c10-8(9(12)13)5-6-2-1-3-7(11)4-6;10-7(9(12)13)8(11)6-4-2-1-3-5-6/h1-4,8,11H,5,10H2,(H,12,13);1-5,7-8,11H,10H2,(H,12,13). The predicted molar refractivity (Wildman–Crippen MR) is 94.4 cm³/mol. The molecule has 0 saturated heterocycles. The van der Waals surface area contributed by atoms with Crippen LogP contribution in [-0.4, -0.2) is 44.4 Å². The largest absolute Gasteiger partial charge is 0.508 e. The van der Waals surface area contributed by atoms with Crippen molar-refractivity contribution in [2.45, 2.75) is 24.6 Å². The number of aliphatic hydroxyl groups is 1. The van der Waals surface area contributed by atoms with Crippen molar-refractivity contribution in [3.63, 3.8) is 0 Å². The summed E-state index contributed by atoms with van der Waals surface area (Å²) in [6.07, 6.45) is -0.928. The summed E-state index contributed by atoms with van der Waals surface area (Å²) < 4.78 is 0. The number of phenols is 1. The summed E-state index contributed by atoms with van der Waals surface area (Å²) in [5, 5.41) is 35.6. The molecular weight excluding hydrogens is 340 g/mol. The molecule has 2 aromatic carbocycles. The molecule has 140 valence electrons. The SMILES string of the molecule is NC(C(=O)O)C(O)c1ccccc1.NC(Cc1cccc(O)c1)C(=O)O. The number of rotatable bonds is 6. The number of aliphatic hydroxyl groups excluding tert-OH is 1. The van der Waals surface area contributed by atoms with Crippen molar-refractivity contribution >= 4 is 11.9 Å². The van der Waals surface area contributed by atoms with E-state index in [1.54, 1.807) is 42.5 Å². The molecule has 0 saturated carbocycles. The lowest BCUT2D eigenvalue weighted by atomic mass is 10.0. The van der Waals surface area contributed by atoms with Crippen LogP contribution in [0.2, 0.25) is 0 Å². The molecular formula is C18H22N2O6. The Labute approximate surface area is 150 Å². The van der Waals surface area contributed by atoms with E-state index in [4.69, 9.17) is 26.8 Å². The number of hydrogen-bond donors (Lipinski definition) is 6. The molecule has 0 aromatic heterocycles. The Hall–Kier alpha value is -2.94. The predicted octanol–water partition coefficient (Wildman–Crippen LogP) is 0.478. The van der Waals surface area contributed by atoms with Gasteiger partial charge in [0, 0.05) is 0 Å². The third-order valence-electron chi connectivity index (χ3n) is 3.45. The fraction of sp³-hybridized carbons (Fsp3) is 0.222. The van der Waals surface area contributed by atoms with Gasteiger partial charge in [0.05, 0.1) is 0 Å². The van der Waals surface area contributed by atoms with E-state index in [1.165, 1.54) is 12.1 Å². The number of aliphatic carboxylic acids is 2. The summed E-state index contributed by atoms with van der Waals surface area (Å²) in [5.41, 5.74) is 11.8. The molecule has 3 unspecified atom stereocenters.